The van der Waals surface area contributed by atoms with E-state index in [-0.39, 0.29) is 0 Å². The summed E-state index contributed by atoms with van der Waals surface area (Å²) in [6, 6.07) is 21.6. The first-order valence-corrected chi connectivity index (χ1v) is 11.4. The number of hydrogen-bond acceptors (Lipinski definition) is 2. The maximum absolute atomic E-state index is 4.77. The summed E-state index contributed by atoms with van der Waals surface area (Å²) in [4.78, 5) is 9.21. The van der Waals surface area contributed by atoms with Gasteiger partial charge < -0.3 is 4.57 Å². The largest absolute Gasteiger partial charge is 0.318 e. The molecule has 3 heteroatoms. The molecule has 156 valence electrons. The van der Waals surface area contributed by atoms with Gasteiger partial charge in [-0.3, -0.25) is 9.98 Å². The number of aliphatic imine (C=N–C) groups is 1. The molecule has 5 rings (SSSR count). The second-order valence-electron chi connectivity index (χ2n) is 8.73. The van der Waals surface area contributed by atoms with E-state index in [1.807, 2.05) is 18.5 Å². The topological polar surface area (TPSA) is 30.2 Å². The average molecular weight is 408 g/mol. The minimum Gasteiger partial charge on any atom is -0.318 e. The molecule has 0 N–H and O–H groups in total. The van der Waals surface area contributed by atoms with Crippen LogP contribution in [0.4, 0.5) is 5.69 Å². The smallest absolute Gasteiger partial charge is 0.0703 e. The molecule has 0 saturated heterocycles. The van der Waals surface area contributed by atoms with E-state index >= 15 is 0 Å². The second kappa shape index (κ2) is 8.50. The summed E-state index contributed by atoms with van der Waals surface area (Å²) in [6.07, 6.45) is 10.6. The fourth-order valence-corrected chi connectivity index (χ4v) is 4.93. The lowest BCUT2D eigenvalue weighted by atomic mass is 9.84. The Morgan fingerprint density at radius 1 is 0.935 bits per heavy atom. The quantitative estimate of drug-likeness (QED) is 0.323. The van der Waals surface area contributed by atoms with Crippen LogP contribution in [-0.4, -0.2) is 15.8 Å². The molecule has 31 heavy (non-hydrogen) atoms. The van der Waals surface area contributed by atoms with Crippen LogP contribution in [0.15, 0.2) is 71.9 Å². The van der Waals surface area contributed by atoms with E-state index in [1.165, 1.54) is 49.1 Å². The third-order valence-electron chi connectivity index (χ3n) is 6.64. The number of rotatable bonds is 4. The Hall–Kier alpha value is -3.20. The molecule has 4 aromatic rings. The van der Waals surface area contributed by atoms with Gasteiger partial charge >= 0.3 is 0 Å². The summed E-state index contributed by atoms with van der Waals surface area (Å²) in [5.74, 6) is 0.739. The van der Waals surface area contributed by atoms with Gasteiger partial charge in [0.05, 0.1) is 11.2 Å². The lowest BCUT2D eigenvalue weighted by Gasteiger charge is -2.21. The normalized spacial score (nSPS) is 15.2. The van der Waals surface area contributed by atoms with Crippen LogP contribution in [0, 0.1) is 13.8 Å². The van der Waals surface area contributed by atoms with E-state index in [1.54, 1.807) is 0 Å². The maximum Gasteiger partial charge on any atom is 0.0703 e. The molecule has 1 aliphatic rings. The molecular formula is C28H29N3. The predicted molar refractivity (Wildman–Crippen MR) is 130 cm³/mol. The van der Waals surface area contributed by atoms with Crippen LogP contribution in [0.5, 0.6) is 0 Å². The molecule has 0 amide bonds. The lowest BCUT2D eigenvalue weighted by molar-refractivity contribution is 0.443. The minimum atomic E-state index is 0.739. The number of fused-ring (bicyclic) bond motifs is 1. The van der Waals surface area contributed by atoms with Crippen molar-refractivity contribution in [1.29, 1.82) is 0 Å². The van der Waals surface area contributed by atoms with Crippen LogP contribution < -0.4 is 0 Å². The summed E-state index contributed by atoms with van der Waals surface area (Å²) in [6.45, 7) is 4.31. The molecule has 0 spiro atoms. The zero-order chi connectivity index (χ0) is 21.2. The number of benzene rings is 2. The van der Waals surface area contributed by atoms with Crippen LogP contribution in [0.2, 0.25) is 0 Å². The van der Waals surface area contributed by atoms with Crippen LogP contribution >= 0.6 is 0 Å². The van der Waals surface area contributed by atoms with Crippen molar-refractivity contribution in [2.45, 2.75) is 51.9 Å². The first-order valence-electron chi connectivity index (χ1n) is 11.4. The Balaban J connectivity index is 1.39. The summed E-state index contributed by atoms with van der Waals surface area (Å²) in [5.41, 5.74) is 8.22. The van der Waals surface area contributed by atoms with Gasteiger partial charge in [-0.25, -0.2) is 0 Å². The molecule has 0 bridgehead atoms. The van der Waals surface area contributed by atoms with Crippen LogP contribution in [0.3, 0.4) is 0 Å². The molecule has 1 aliphatic carbocycles. The van der Waals surface area contributed by atoms with Gasteiger partial charge in [-0.1, -0.05) is 37.5 Å². The Morgan fingerprint density at radius 3 is 2.55 bits per heavy atom. The van der Waals surface area contributed by atoms with E-state index < -0.39 is 0 Å². The standard InChI is InChI=1S/C28H29N3/c1-20-17-25(19-30-26-12-10-23(11-13-26)22-7-4-3-5-8-22)21(2)31(20)27-14-15-28-24(18-27)9-6-16-29-28/h6,9-19,22H,3-5,7-8H2,1-2H3. The van der Waals surface area contributed by atoms with E-state index in [2.05, 4.69) is 78.0 Å². The Kier molecular flexibility index (Phi) is 5.42. The number of nitrogens with zero attached hydrogens (tertiary/aromatic N) is 3. The van der Waals surface area contributed by atoms with Gasteiger partial charge in [0.2, 0.25) is 0 Å². The third-order valence-corrected chi connectivity index (χ3v) is 6.64. The first-order chi connectivity index (χ1) is 15.2. The van der Waals surface area contributed by atoms with E-state index in [4.69, 9.17) is 4.99 Å². The molecule has 2 aromatic heterocycles. The van der Waals surface area contributed by atoms with Crippen molar-refractivity contribution in [1.82, 2.24) is 9.55 Å². The van der Waals surface area contributed by atoms with Gasteiger partial charge in [0, 0.05) is 40.4 Å². The zero-order valence-corrected chi connectivity index (χ0v) is 18.4. The Morgan fingerprint density at radius 2 is 1.74 bits per heavy atom. The van der Waals surface area contributed by atoms with Gasteiger partial charge in [0.25, 0.3) is 0 Å². The van der Waals surface area contributed by atoms with Gasteiger partial charge in [-0.05, 0) is 80.6 Å². The van der Waals surface area contributed by atoms with E-state index in [0.717, 1.165) is 33.8 Å². The van der Waals surface area contributed by atoms with E-state index in [0.29, 0.717) is 0 Å². The summed E-state index contributed by atoms with van der Waals surface area (Å²) in [7, 11) is 0. The van der Waals surface area contributed by atoms with E-state index in [9.17, 15) is 0 Å². The van der Waals surface area contributed by atoms with Crippen molar-refractivity contribution in [3.63, 3.8) is 0 Å². The maximum atomic E-state index is 4.77. The van der Waals surface area contributed by atoms with Gasteiger partial charge in [0.1, 0.15) is 0 Å². The van der Waals surface area contributed by atoms with Gasteiger partial charge in [-0.2, -0.15) is 0 Å². The van der Waals surface area contributed by atoms with Crippen LogP contribution in [-0.2, 0) is 0 Å². The molecule has 0 atom stereocenters. The van der Waals surface area contributed by atoms with Gasteiger partial charge in [0.15, 0.2) is 0 Å². The first kappa shape index (κ1) is 19.7. The number of aromatic nitrogens is 2. The molecule has 2 heterocycles. The highest BCUT2D eigenvalue weighted by Gasteiger charge is 2.15. The number of hydrogen-bond donors (Lipinski definition) is 0. The molecule has 0 radical (unpaired) electrons. The van der Waals surface area contributed by atoms with Crippen LogP contribution in [0.1, 0.15) is 60.5 Å². The predicted octanol–water partition coefficient (Wildman–Crippen LogP) is 7.44. The Labute approximate surface area is 184 Å². The fourth-order valence-electron chi connectivity index (χ4n) is 4.93. The fraction of sp³-hybridized carbons (Fsp3) is 0.286. The highest BCUT2D eigenvalue weighted by Crippen LogP contribution is 2.33. The van der Waals surface area contributed by atoms with Crippen LogP contribution in [0.25, 0.3) is 16.6 Å². The second-order valence-corrected chi connectivity index (χ2v) is 8.73. The third kappa shape index (κ3) is 4.05. The van der Waals surface area contributed by atoms with Crippen molar-refractivity contribution >= 4 is 22.8 Å². The highest BCUT2D eigenvalue weighted by molar-refractivity contribution is 5.85. The monoisotopic (exact) mass is 407 g/mol. The molecular weight excluding hydrogens is 378 g/mol. The molecule has 0 unspecified atom stereocenters. The molecule has 0 aliphatic heterocycles. The molecule has 1 saturated carbocycles. The molecule has 1 fully saturated rings. The average Bonchev–Trinajstić information content (AvgIpc) is 3.11. The SMILES string of the molecule is Cc1cc(C=Nc2ccc(C3CCCCC3)cc2)c(C)n1-c1ccc2ncccc2c1. The number of aryl methyl sites for hydroxylation is 1. The highest BCUT2D eigenvalue weighted by atomic mass is 15.0. The molecule has 2 aromatic carbocycles. The van der Waals surface area contributed by atoms with Crippen molar-refractivity contribution in [2.75, 3.05) is 0 Å². The minimum absolute atomic E-state index is 0.739. The van der Waals surface area contributed by atoms with Gasteiger partial charge in [-0.15, -0.1) is 0 Å². The Bertz CT molecular complexity index is 1230. The number of pyridine rings is 1. The summed E-state index contributed by atoms with van der Waals surface area (Å²) >= 11 is 0. The van der Waals surface area contributed by atoms with Crippen molar-refractivity contribution in [2.24, 2.45) is 4.99 Å². The summed E-state index contributed by atoms with van der Waals surface area (Å²) in [5, 5.41) is 1.15. The van der Waals surface area contributed by atoms with Crippen molar-refractivity contribution in [3.05, 3.63) is 89.4 Å². The van der Waals surface area contributed by atoms with Crippen molar-refractivity contribution < 1.29 is 0 Å². The van der Waals surface area contributed by atoms with Crippen molar-refractivity contribution in [3.8, 4) is 5.69 Å². The molecule has 3 nitrogen and oxygen atoms in total. The summed E-state index contributed by atoms with van der Waals surface area (Å²) < 4.78 is 2.29. The zero-order valence-electron chi connectivity index (χ0n) is 18.4. The lowest BCUT2D eigenvalue weighted by Crippen LogP contribution is -2.03.